The predicted octanol–water partition coefficient (Wildman–Crippen LogP) is 1.23. The summed E-state index contributed by atoms with van der Waals surface area (Å²) in [4.78, 5) is 11.3. The van der Waals surface area contributed by atoms with Crippen LogP contribution in [0.25, 0.3) is 0 Å². The first-order valence-electron chi connectivity index (χ1n) is 5.75. The first-order valence-corrected chi connectivity index (χ1v) is 5.75. The van der Waals surface area contributed by atoms with Crippen molar-refractivity contribution >= 4 is 5.97 Å². The molecular weight excluding hydrogens is 194 g/mol. The minimum absolute atomic E-state index is 0.0630. The van der Waals surface area contributed by atoms with Gasteiger partial charge in [-0.3, -0.25) is 4.79 Å². The summed E-state index contributed by atoms with van der Waals surface area (Å²) in [5.41, 5.74) is 5.74. The maximum absolute atomic E-state index is 11.3. The Morgan fingerprint density at radius 1 is 1.67 bits per heavy atom. The Labute approximate surface area is 91.1 Å². The molecule has 0 aliphatic carbocycles. The summed E-state index contributed by atoms with van der Waals surface area (Å²) < 4.78 is 10.4. The van der Waals surface area contributed by atoms with E-state index in [9.17, 15) is 4.79 Å². The van der Waals surface area contributed by atoms with Gasteiger partial charge in [-0.1, -0.05) is 13.3 Å². The molecule has 0 aromatic rings. The van der Waals surface area contributed by atoms with Crippen LogP contribution < -0.4 is 5.73 Å². The Bertz CT molecular complexity index is 190. The largest absolute Gasteiger partial charge is 0.463 e. The fourth-order valence-electron chi connectivity index (χ4n) is 1.71. The number of ether oxygens (including phenoxy) is 2. The molecule has 2 unspecified atom stereocenters. The van der Waals surface area contributed by atoms with Gasteiger partial charge < -0.3 is 15.2 Å². The number of esters is 1. The van der Waals surface area contributed by atoms with E-state index in [-0.39, 0.29) is 18.1 Å². The summed E-state index contributed by atoms with van der Waals surface area (Å²) in [7, 11) is 0. The van der Waals surface area contributed by atoms with Gasteiger partial charge in [0.05, 0.1) is 12.5 Å². The first-order chi connectivity index (χ1) is 7.22. The van der Waals surface area contributed by atoms with Gasteiger partial charge in [-0.25, -0.2) is 0 Å². The third-order valence-electron chi connectivity index (χ3n) is 2.54. The zero-order chi connectivity index (χ0) is 11.1. The lowest BCUT2D eigenvalue weighted by atomic mass is 10.1. The van der Waals surface area contributed by atoms with Crippen LogP contribution in [-0.2, 0) is 14.3 Å². The molecule has 4 heteroatoms. The van der Waals surface area contributed by atoms with E-state index >= 15 is 0 Å². The van der Waals surface area contributed by atoms with Gasteiger partial charge in [0.1, 0.15) is 6.61 Å². The van der Waals surface area contributed by atoms with E-state index in [4.69, 9.17) is 15.2 Å². The average Bonchev–Trinajstić information content (AvgIpc) is 2.67. The summed E-state index contributed by atoms with van der Waals surface area (Å²) in [6.45, 7) is 3.23. The third-order valence-corrected chi connectivity index (χ3v) is 2.54. The van der Waals surface area contributed by atoms with Gasteiger partial charge in [0, 0.05) is 12.6 Å². The Kier molecular flexibility index (Phi) is 5.65. The van der Waals surface area contributed by atoms with Gasteiger partial charge in [0.2, 0.25) is 0 Å². The molecule has 0 saturated carbocycles. The summed E-state index contributed by atoms with van der Waals surface area (Å²) in [6, 6.07) is -0.0630. The molecule has 1 aliphatic rings. The molecule has 2 atom stereocenters. The molecule has 4 nitrogen and oxygen atoms in total. The number of hydrogen-bond donors (Lipinski definition) is 1. The molecule has 0 amide bonds. The van der Waals surface area contributed by atoms with Crippen LogP contribution in [0.5, 0.6) is 0 Å². The summed E-state index contributed by atoms with van der Waals surface area (Å²) in [6.07, 6.45) is 4.36. The van der Waals surface area contributed by atoms with Crippen LogP contribution in [0, 0.1) is 0 Å². The molecule has 0 radical (unpaired) electrons. The monoisotopic (exact) mass is 215 g/mol. The molecule has 2 N–H and O–H groups in total. The van der Waals surface area contributed by atoms with Crippen molar-refractivity contribution in [1.82, 2.24) is 0 Å². The molecule has 88 valence electrons. The maximum Gasteiger partial charge on any atom is 0.307 e. The fraction of sp³-hybridized carbons (Fsp3) is 0.909. The Hall–Kier alpha value is -0.610. The summed E-state index contributed by atoms with van der Waals surface area (Å²) in [5.74, 6) is -0.202. The van der Waals surface area contributed by atoms with Crippen LogP contribution in [-0.4, -0.2) is 31.3 Å². The minimum Gasteiger partial charge on any atom is -0.463 e. The second-order valence-electron chi connectivity index (χ2n) is 4.07. The minimum atomic E-state index is -0.202. The highest BCUT2D eigenvalue weighted by Gasteiger charge is 2.18. The van der Waals surface area contributed by atoms with Crippen LogP contribution in [0.15, 0.2) is 0 Å². The van der Waals surface area contributed by atoms with Crippen molar-refractivity contribution < 1.29 is 14.3 Å². The molecule has 1 aliphatic heterocycles. The number of carbonyl (C=O) groups is 1. The van der Waals surface area contributed by atoms with E-state index in [1.54, 1.807) is 0 Å². The molecule has 1 heterocycles. The maximum atomic E-state index is 11.3. The molecular formula is C11H21NO3. The van der Waals surface area contributed by atoms with E-state index in [0.29, 0.717) is 13.0 Å². The molecule has 0 aromatic carbocycles. The van der Waals surface area contributed by atoms with Crippen molar-refractivity contribution in [2.24, 2.45) is 5.73 Å². The smallest absolute Gasteiger partial charge is 0.307 e. The standard InChI is InChI=1S/C11H21NO3/c1-2-4-9(12)7-11(13)15-8-10-5-3-6-14-10/h9-10H,2-8,12H2,1H3. The fourth-order valence-corrected chi connectivity index (χ4v) is 1.71. The van der Waals surface area contributed by atoms with Crippen molar-refractivity contribution in [3.8, 4) is 0 Å². The lowest BCUT2D eigenvalue weighted by Crippen LogP contribution is -2.26. The van der Waals surface area contributed by atoms with E-state index < -0.39 is 0 Å². The van der Waals surface area contributed by atoms with E-state index in [0.717, 1.165) is 32.3 Å². The predicted molar refractivity (Wildman–Crippen MR) is 57.4 cm³/mol. The number of carbonyl (C=O) groups excluding carboxylic acids is 1. The lowest BCUT2D eigenvalue weighted by Gasteiger charge is -2.12. The van der Waals surface area contributed by atoms with Gasteiger partial charge in [0.25, 0.3) is 0 Å². The van der Waals surface area contributed by atoms with Crippen molar-refractivity contribution in [3.05, 3.63) is 0 Å². The molecule has 15 heavy (non-hydrogen) atoms. The molecule has 0 bridgehead atoms. The molecule has 0 spiro atoms. The van der Waals surface area contributed by atoms with Crippen LogP contribution in [0.4, 0.5) is 0 Å². The molecule has 1 saturated heterocycles. The van der Waals surface area contributed by atoms with Gasteiger partial charge >= 0.3 is 5.97 Å². The van der Waals surface area contributed by atoms with Crippen LogP contribution >= 0.6 is 0 Å². The van der Waals surface area contributed by atoms with Gasteiger partial charge in [-0.15, -0.1) is 0 Å². The normalized spacial score (nSPS) is 22.7. The molecule has 1 fully saturated rings. The second kappa shape index (κ2) is 6.80. The first kappa shape index (κ1) is 12.5. The topological polar surface area (TPSA) is 61.6 Å². The van der Waals surface area contributed by atoms with Gasteiger partial charge in [-0.05, 0) is 19.3 Å². The molecule has 0 aromatic heterocycles. The van der Waals surface area contributed by atoms with Crippen LogP contribution in [0.3, 0.4) is 0 Å². The van der Waals surface area contributed by atoms with Crippen molar-refractivity contribution in [3.63, 3.8) is 0 Å². The zero-order valence-corrected chi connectivity index (χ0v) is 9.41. The van der Waals surface area contributed by atoms with E-state index in [1.165, 1.54) is 0 Å². The summed E-state index contributed by atoms with van der Waals surface area (Å²) in [5, 5.41) is 0. The highest BCUT2D eigenvalue weighted by Crippen LogP contribution is 2.12. The highest BCUT2D eigenvalue weighted by atomic mass is 16.6. The van der Waals surface area contributed by atoms with Crippen molar-refractivity contribution in [2.75, 3.05) is 13.2 Å². The number of nitrogens with two attached hydrogens (primary N) is 1. The number of rotatable bonds is 6. The van der Waals surface area contributed by atoms with Gasteiger partial charge in [-0.2, -0.15) is 0 Å². The highest BCUT2D eigenvalue weighted by molar-refractivity contribution is 5.70. The van der Waals surface area contributed by atoms with Crippen LogP contribution in [0.1, 0.15) is 39.0 Å². The number of hydrogen-bond acceptors (Lipinski definition) is 4. The Balaban J connectivity index is 2.07. The van der Waals surface area contributed by atoms with E-state index in [2.05, 4.69) is 6.92 Å². The van der Waals surface area contributed by atoms with Crippen LogP contribution in [0.2, 0.25) is 0 Å². The van der Waals surface area contributed by atoms with Crippen molar-refractivity contribution in [2.45, 2.75) is 51.2 Å². The summed E-state index contributed by atoms with van der Waals surface area (Å²) >= 11 is 0. The third kappa shape index (κ3) is 5.14. The Morgan fingerprint density at radius 3 is 3.07 bits per heavy atom. The van der Waals surface area contributed by atoms with Crippen molar-refractivity contribution in [1.29, 1.82) is 0 Å². The Morgan fingerprint density at radius 2 is 2.47 bits per heavy atom. The SMILES string of the molecule is CCCC(N)CC(=O)OCC1CCCO1. The van der Waals surface area contributed by atoms with E-state index in [1.807, 2.05) is 0 Å². The molecule has 1 rings (SSSR count). The lowest BCUT2D eigenvalue weighted by molar-refractivity contribution is -0.147. The zero-order valence-electron chi connectivity index (χ0n) is 9.41. The van der Waals surface area contributed by atoms with Gasteiger partial charge in [0.15, 0.2) is 0 Å². The quantitative estimate of drug-likeness (QED) is 0.677. The average molecular weight is 215 g/mol. The second-order valence-corrected chi connectivity index (χ2v) is 4.07.